The van der Waals surface area contributed by atoms with Gasteiger partial charge in [-0.2, -0.15) is 0 Å². The van der Waals surface area contributed by atoms with Crippen LogP contribution in [0.1, 0.15) is 27.0 Å². The molecule has 0 heterocycles. The largest absolute Gasteiger partial charge is 0.502 e. The van der Waals surface area contributed by atoms with Crippen LogP contribution in [-0.4, -0.2) is 15.8 Å². The summed E-state index contributed by atoms with van der Waals surface area (Å²) in [6.45, 7) is 1.99. The molecule has 0 fully saturated rings. The van der Waals surface area contributed by atoms with Crippen LogP contribution in [0.25, 0.3) is 6.08 Å². The molecule has 3 rings (SSSR count). The number of nitrogens with zero attached hydrogens (tertiary/aromatic N) is 1. The first kappa shape index (κ1) is 21.1. The van der Waals surface area contributed by atoms with Crippen molar-refractivity contribution in [3.63, 3.8) is 0 Å². The average Bonchev–Trinajstić information content (AvgIpc) is 2.73. The van der Waals surface area contributed by atoms with E-state index in [-0.39, 0.29) is 5.56 Å². The molecular formula is C23H18ClNO5. The maximum Gasteiger partial charge on any atom is 0.311 e. The third-order valence-corrected chi connectivity index (χ3v) is 4.61. The second-order valence-corrected chi connectivity index (χ2v) is 7.01. The first-order chi connectivity index (χ1) is 14.3. The molecular weight excluding hydrogens is 406 g/mol. The maximum atomic E-state index is 12.5. The first-order valence-corrected chi connectivity index (χ1v) is 9.39. The molecule has 1 N–H and O–H groups in total. The lowest BCUT2D eigenvalue weighted by Gasteiger charge is -2.08. The molecule has 0 bridgehead atoms. The van der Waals surface area contributed by atoms with Crippen LogP contribution in [0.3, 0.4) is 0 Å². The number of allylic oxidation sites excluding steroid dienone is 1. The number of rotatable bonds is 7. The van der Waals surface area contributed by atoms with Crippen molar-refractivity contribution >= 4 is 29.1 Å². The summed E-state index contributed by atoms with van der Waals surface area (Å²) in [4.78, 5) is 22.8. The van der Waals surface area contributed by atoms with E-state index in [2.05, 4.69) is 0 Å². The summed E-state index contributed by atoms with van der Waals surface area (Å²) >= 11 is 6.27. The lowest BCUT2D eigenvalue weighted by molar-refractivity contribution is -0.385. The van der Waals surface area contributed by atoms with Gasteiger partial charge in [0.1, 0.15) is 12.4 Å². The van der Waals surface area contributed by atoms with Crippen molar-refractivity contribution in [2.45, 2.75) is 13.5 Å². The average molecular weight is 424 g/mol. The van der Waals surface area contributed by atoms with Gasteiger partial charge in [0.2, 0.25) is 5.75 Å². The van der Waals surface area contributed by atoms with E-state index >= 15 is 0 Å². The lowest BCUT2D eigenvalue weighted by Crippen LogP contribution is -1.99. The molecule has 0 atom stereocenters. The van der Waals surface area contributed by atoms with Crippen molar-refractivity contribution in [2.75, 3.05) is 0 Å². The molecule has 3 aromatic rings. The molecule has 7 heteroatoms. The molecule has 30 heavy (non-hydrogen) atoms. The Balaban J connectivity index is 1.74. The molecule has 0 spiro atoms. The van der Waals surface area contributed by atoms with Gasteiger partial charge in [-0.25, -0.2) is 0 Å². The summed E-state index contributed by atoms with van der Waals surface area (Å²) in [6, 6.07) is 17.4. The van der Waals surface area contributed by atoms with E-state index in [0.29, 0.717) is 28.5 Å². The van der Waals surface area contributed by atoms with Gasteiger partial charge in [0, 0.05) is 6.07 Å². The zero-order valence-corrected chi connectivity index (χ0v) is 16.8. The number of hydrogen-bond donors (Lipinski definition) is 1. The Morgan fingerprint density at radius 3 is 2.57 bits per heavy atom. The molecule has 0 aromatic heterocycles. The molecule has 152 valence electrons. The molecule has 0 aliphatic carbocycles. The molecule has 0 unspecified atom stereocenters. The summed E-state index contributed by atoms with van der Waals surface area (Å²) in [5.41, 5.74) is 1.51. The summed E-state index contributed by atoms with van der Waals surface area (Å²) in [5.74, 6) is -0.696. The van der Waals surface area contributed by atoms with Crippen LogP contribution in [-0.2, 0) is 6.61 Å². The van der Waals surface area contributed by atoms with Crippen LogP contribution in [0.4, 0.5) is 5.69 Å². The molecule has 0 amide bonds. The third kappa shape index (κ3) is 5.04. The molecule has 0 aliphatic rings. The lowest BCUT2D eigenvalue weighted by atomic mass is 10.0. The van der Waals surface area contributed by atoms with Gasteiger partial charge in [-0.15, -0.1) is 0 Å². The Morgan fingerprint density at radius 1 is 1.17 bits per heavy atom. The molecule has 0 aliphatic heterocycles. The Bertz CT molecular complexity index is 1130. The Morgan fingerprint density at radius 2 is 1.90 bits per heavy atom. The van der Waals surface area contributed by atoms with E-state index in [1.807, 2.05) is 30.3 Å². The number of ether oxygens (including phenoxy) is 1. The Kier molecular flexibility index (Phi) is 6.49. The highest BCUT2D eigenvalue weighted by Crippen LogP contribution is 2.32. The van der Waals surface area contributed by atoms with Crippen molar-refractivity contribution in [1.82, 2.24) is 0 Å². The molecule has 0 saturated carbocycles. The highest BCUT2D eigenvalue weighted by Gasteiger charge is 2.21. The summed E-state index contributed by atoms with van der Waals surface area (Å²) in [5, 5.41) is 21.5. The quantitative estimate of drug-likeness (QED) is 0.226. The topological polar surface area (TPSA) is 89.7 Å². The number of aromatic hydroxyl groups is 1. The maximum absolute atomic E-state index is 12.5. The second-order valence-electron chi connectivity index (χ2n) is 6.60. The Labute approximate surface area is 178 Å². The van der Waals surface area contributed by atoms with Crippen molar-refractivity contribution in [2.24, 2.45) is 0 Å². The van der Waals surface area contributed by atoms with Gasteiger partial charge in [-0.3, -0.25) is 14.9 Å². The van der Waals surface area contributed by atoms with Crippen LogP contribution in [0.5, 0.6) is 11.5 Å². The minimum atomic E-state index is -0.725. The molecule has 0 radical (unpaired) electrons. The zero-order valence-electron chi connectivity index (χ0n) is 16.0. The van der Waals surface area contributed by atoms with E-state index in [1.54, 1.807) is 25.1 Å². The number of halogens is 1. The number of benzene rings is 3. The standard InChI is InChI=1S/C23H18ClNO5/c1-15-11-18(23(27)20(12-15)25(28)29)21(26)9-7-16-8-10-22(19(24)13-16)30-14-17-5-3-2-4-6-17/h2-13,27H,14H2,1H3. The number of nitro groups is 1. The molecule has 3 aromatic carbocycles. The number of hydrogen-bond acceptors (Lipinski definition) is 5. The highest BCUT2D eigenvalue weighted by molar-refractivity contribution is 6.32. The van der Waals surface area contributed by atoms with Gasteiger partial charge in [-0.05, 0) is 47.9 Å². The fraction of sp³-hybridized carbons (Fsp3) is 0.0870. The van der Waals surface area contributed by atoms with Crippen LogP contribution < -0.4 is 4.74 Å². The predicted molar refractivity (Wildman–Crippen MR) is 115 cm³/mol. The van der Waals surface area contributed by atoms with Crippen LogP contribution >= 0.6 is 11.6 Å². The molecule has 6 nitrogen and oxygen atoms in total. The van der Waals surface area contributed by atoms with E-state index in [9.17, 15) is 20.0 Å². The van der Waals surface area contributed by atoms with E-state index in [1.165, 1.54) is 24.3 Å². The van der Waals surface area contributed by atoms with E-state index in [4.69, 9.17) is 16.3 Å². The minimum Gasteiger partial charge on any atom is -0.502 e. The van der Waals surface area contributed by atoms with Crippen molar-refractivity contribution in [3.8, 4) is 11.5 Å². The number of phenols is 1. The van der Waals surface area contributed by atoms with Crippen molar-refractivity contribution in [1.29, 1.82) is 0 Å². The number of nitro benzene ring substituents is 1. The smallest absolute Gasteiger partial charge is 0.311 e. The van der Waals surface area contributed by atoms with E-state index < -0.39 is 22.1 Å². The monoisotopic (exact) mass is 423 g/mol. The van der Waals surface area contributed by atoms with Gasteiger partial charge in [0.25, 0.3) is 0 Å². The highest BCUT2D eigenvalue weighted by atomic mass is 35.5. The summed E-state index contributed by atoms with van der Waals surface area (Å²) in [7, 11) is 0. The first-order valence-electron chi connectivity index (χ1n) is 9.02. The van der Waals surface area contributed by atoms with Gasteiger partial charge in [0.05, 0.1) is 15.5 Å². The second kappa shape index (κ2) is 9.24. The third-order valence-electron chi connectivity index (χ3n) is 4.32. The number of carbonyl (C=O) groups is 1. The number of ketones is 1. The fourth-order valence-electron chi connectivity index (χ4n) is 2.82. The zero-order chi connectivity index (χ0) is 21.7. The SMILES string of the molecule is Cc1cc(C(=O)C=Cc2ccc(OCc3ccccc3)c(Cl)c2)c(O)c([N+](=O)[O-])c1. The summed E-state index contributed by atoms with van der Waals surface area (Å²) in [6.07, 6.45) is 2.75. The number of aryl methyl sites for hydroxylation is 1. The number of phenolic OH excluding ortho intramolecular Hbond substituents is 1. The summed E-state index contributed by atoms with van der Waals surface area (Å²) < 4.78 is 5.72. The van der Waals surface area contributed by atoms with Crippen molar-refractivity contribution < 1.29 is 19.6 Å². The minimum absolute atomic E-state index is 0.133. The van der Waals surface area contributed by atoms with Gasteiger partial charge < -0.3 is 9.84 Å². The van der Waals surface area contributed by atoms with Crippen LogP contribution in [0, 0.1) is 17.0 Å². The van der Waals surface area contributed by atoms with E-state index in [0.717, 1.165) is 5.56 Å². The fourth-order valence-corrected chi connectivity index (χ4v) is 3.07. The van der Waals surface area contributed by atoms with Gasteiger partial charge in [-0.1, -0.05) is 54.1 Å². The number of carbonyl (C=O) groups excluding carboxylic acids is 1. The predicted octanol–water partition coefficient (Wildman–Crippen LogP) is 5.74. The molecule has 0 saturated heterocycles. The van der Waals surface area contributed by atoms with Crippen molar-refractivity contribution in [3.05, 3.63) is 104 Å². The van der Waals surface area contributed by atoms with Gasteiger partial charge >= 0.3 is 5.69 Å². The van der Waals surface area contributed by atoms with Crippen LogP contribution in [0.2, 0.25) is 5.02 Å². The normalized spacial score (nSPS) is 10.9. The van der Waals surface area contributed by atoms with Gasteiger partial charge in [0.15, 0.2) is 5.78 Å². The van der Waals surface area contributed by atoms with Crippen LogP contribution in [0.15, 0.2) is 66.7 Å². The Hall–Kier alpha value is -3.64.